The van der Waals surface area contributed by atoms with Crippen LogP contribution in [0.15, 0.2) is 12.1 Å². The van der Waals surface area contributed by atoms with E-state index in [1.807, 2.05) is 17.0 Å². The summed E-state index contributed by atoms with van der Waals surface area (Å²) < 4.78 is 0. The fourth-order valence-corrected chi connectivity index (χ4v) is 2.77. The van der Waals surface area contributed by atoms with Crippen molar-refractivity contribution in [1.82, 2.24) is 4.90 Å². The number of thiophene rings is 1. The number of carbonyl (C=O) groups is 1. The normalized spacial score (nSPS) is 18.9. The largest absolute Gasteiger partial charge is 0.384 e. The molecule has 1 aliphatic rings. The molecule has 1 aliphatic heterocycles. The Kier molecular flexibility index (Phi) is 3.82. The van der Waals surface area contributed by atoms with Gasteiger partial charge in [-0.25, -0.2) is 0 Å². The van der Waals surface area contributed by atoms with E-state index in [9.17, 15) is 4.79 Å². The molecule has 0 saturated carbocycles. The van der Waals surface area contributed by atoms with Gasteiger partial charge in [0, 0.05) is 13.1 Å². The Morgan fingerprint density at radius 1 is 1.65 bits per heavy atom. The van der Waals surface area contributed by atoms with Crippen LogP contribution in [0.2, 0.25) is 0 Å². The van der Waals surface area contributed by atoms with Crippen LogP contribution in [-0.2, 0) is 0 Å². The molecule has 1 unspecified atom stereocenters. The van der Waals surface area contributed by atoms with Gasteiger partial charge in [0.15, 0.2) is 0 Å². The summed E-state index contributed by atoms with van der Waals surface area (Å²) in [7, 11) is 0. The van der Waals surface area contributed by atoms with Crippen molar-refractivity contribution < 1.29 is 9.90 Å². The van der Waals surface area contributed by atoms with Crippen molar-refractivity contribution in [2.24, 2.45) is 5.92 Å². The van der Waals surface area contributed by atoms with E-state index in [-0.39, 0.29) is 12.5 Å². The molecule has 0 spiro atoms. The Morgan fingerprint density at radius 2 is 2.47 bits per heavy atom. The van der Waals surface area contributed by atoms with Gasteiger partial charge in [-0.3, -0.25) is 4.79 Å². The van der Waals surface area contributed by atoms with Crippen molar-refractivity contribution in [2.45, 2.75) is 13.3 Å². The molecule has 0 aliphatic carbocycles. The third-order valence-corrected chi connectivity index (χ3v) is 3.81. The SMILES string of the molecule is CC1CCN(C(=O)c2ccc(C#CCO)s2)C1. The number of carbonyl (C=O) groups excluding carboxylic acids is 1. The molecule has 0 bridgehead atoms. The minimum atomic E-state index is -0.148. The molecule has 1 fully saturated rings. The number of aliphatic hydroxyl groups excluding tert-OH is 1. The summed E-state index contributed by atoms with van der Waals surface area (Å²) in [6, 6.07) is 3.65. The van der Waals surface area contributed by atoms with Gasteiger partial charge in [0.1, 0.15) is 6.61 Å². The Hall–Kier alpha value is -1.31. The fourth-order valence-electron chi connectivity index (χ4n) is 1.92. The second kappa shape index (κ2) is 5.35. The van der Waals surface area contributed by atoms with Gasteiger partial charge in [0.05, 0.1) is 9.75 Å². The van der Waals surface area contributed by atoms with Crippen molar-refractivity contribution in [3.05, 3.63) is 21.9 Å². The maximum absolute atomic E-state index is 12.1. The molecular weight excluding hydrogens is 234 g/mol. The highest BCUT2D eigenvalue weighted by Gasteiger charge is 2.24. The van der Waals surface area contributed by atoms with Crippen LogP contribution in [0.5, 0.6) is 0 Å². The van der Waals surface area contributed by atoms with Gasteiger partial charge in [-0.15, -0.1) is 11.3 Å². The predicted octanol–water partition coefficient (Wildman–Crippen LogP) is 1.57. The number of nitrogens with zero attached hydrogens (tertiary/aromatic N) is 1. The average molecular weight is 249 g/mol. The van der Waals surface area contributed by atoms with Gasteiger partial charge in [0.25, 0.3) is 5.91 Å². The quantitative estimate of drug-likeness (QED) is 0.768. The minimum absolute atomic E-state index is 0.108. The summed E-state index contributed by atoms with van der Waals surface area (Å²) in [6.45, 7) is 3.73. The van der Waals surface area contributed by atoms with Gasteiger partial charge in [-0.1, -0.05) is 18.8 Å². The van der Waals surface area contributed by atoms with Crippen LogP contribution in [-0.4, -0.2) is 35.6 Å². The van der Waals surface area contributed by atoms with E-state index in [1.165, 1.54) is 11.3 Å². The third-order valence-electron chi connectivity index (χ3n) is 2.82. The summed E-state index contributed by atoms with van der Waals surface area (Å²) in [5.74, 6) is 6.11. The van der Waals surface area contributed by atoms with Crippen LogP contribution in [0.25, 0.3) is 0 Å². The Bertz CT molecular complexity index is 469. The third kappa shape index (κ3) is 2.87. The number of aliphatic hydroxyl groups is 1. The predicted molar refractivity (Wildman–Crippen MR) is 68.0 cm³/mol. The van der Waals surface area contributed by atoms with E-state index < -0.39 is 0 Å². The van der Waals surface area contributed by atoms with Crippen LogP contribution in [0.1, 0.15) is 27.9 Å². The van der Waals surface area contributed by atoms with E-state index in [0.29, 0.717) is 5.92 Å². The maximum Gasteiger partial charge on any atom is 0.263 e. The van der Waals surface area contributed by atoms with Crippen molar-refractivity contribution >= 4 is 17.2 Å². The van der Waals surface area contributed by atoms with Gasteiger partial charge < -0.3 is 10.0 Å². The molecule has 0 radical (unpaired) electrons. The monoisotopic (exact) mass is 249 g/mol. The van der Waals surface area contributed by atoms with Crippen LogP contribution in [0.4, 0.5) is 0 Å². The zero-order chi connectivity index (χ0) is 12.3. The second-order valence-electron chi connectivity index (χ2n) is 4.27. The molecule has 4 heteroatoms. The first-order valence-electron chi connectivity index (χ1n) is 5.69. The Morgan fingerprint density at radius 3 is 3.12 bits per heavy atom. The molecule has 17 heavy (non-hydrogen) atoms. The van der Waals surface area contributed by atoms with E-state index in [1.54, 1.807) is 0 Å². The fraction of sp³-hybridized carbons (Fsp3) is 0.462. The van der Waals surface area contributed by atoms with Crippen LogP contribution in [0.3, 0.4) is 0 Å². The van der Waals surface area contributed by atoms with E-state index in [0.717, 1.165) is 29.3 Å². The van der Waals surface area contributed by atoms with Gasteiger partial charge in [0.2, 0.25) is 0 Å². The average Bonchev–Trinajstić information content (AvgIpc) is 2.94. The number of amides is 1. The maximum atomic E-state index is 12.1. The molecule has 2 rings (SSSR count). The lowest BCUT2D eigenvalue weighted by atomic mass is 10.2. The van der Waals surface area contributed by atoms with Crippen LogP contribution >= 0.6 is 11.3 Å². The van der Waals surface area contributed by atoms with Crippen molar-refractivity contribution in [3.8, 4) is 11.8 Å². The highest BCUT2D eigenvalue weighted by molar-refractivity contribution is 7.14. The number of likely N-dealkylation sites (tertiary alicyclic amines) is 1. The van der Waals surface area contributed by atoms with Crippen LogP contribution < -0.4 is 0 Å². The summed E-state index contributed by atoms with van der Waals surface area (Å²) in [4.78, 5) is 15.6. The number of hydrogen-bond acceptors (Lipinski definition) is 3. The standard InChI is InChI=1S/C13H15NO2S/c1-10-6-7-14(9-10)13(16)12-5-4-11(17-12)3-2-8-15/h4-5,10,15H,6-9H2,1H3. The molecule has 1 aromatic rings. The molecular formula is C13H15NO2S. The molecule has 1 saturated heterocycles. The van der Waals surface area contributed by atoms with Crippen molar-refractivity contribution in [1.29, 1.82) is 0 Å². The first-order chi connectivity index (χ1) is 8.20. The summed E-state index contributed by atoms with van der Waals surface area (Å²) in [5.41, 5.74) is 0. The zero-order valence-electron chi connectivity index (χ0n) is 9.77. The number of rotatable bonds is 1. The van der Waals surface area contributed by atoms with Gasteiger partial charge >= 0.3 is 0 Å². The molecule has 1 N–H and O–H groups in total. The Labute approximate surface area is 105 Å². The molecule has 3 nitrogen and oxygen atoms in total. The second-order valence-corrected chi connectivity index (χ2v) is 5.35. The lowest BCUT2D eigenvalue weighted by Gasteiger charge is -2.14. The lowest BCUT2D eigenvalue weighted by Crippen LogP contribution is -2.27. The smallest absolute Gasteiger partial charge is 0.263 e. The van der Waals surface area contributed by atoms with E-state index in [2.05, 4.69) is 18.8 Å². The lowest BCUT2D eigenvalue weighted by molar-refractivity contribution is 0.0793. The first-order valence-corrected chi connectivity index (χ1v) is 6.51. The molecule has 90 valence electrons. The number of hydrogen-bond donors (Lipinski definition) is 1. The first kappa shape index (κ1) is 12.2. The zero-order valence-corrected chi connectivity index (χ0v) is 10.6. The van der Waals surface area contributed by atoms with Crippen molar-refractivity contribution in [2.75, 3.05) is 19.7 Å². The molecule has 1 amide bonds. The summed E-state index contributed by atoms with van der Waals surface area (Å²) >= 11 is 1.39. The molecule has 0 aromatic carbocycles. The minimum Gasteiger partial charge on any atom is -0.384 e. The summed E-state index contributed by atoms with van der Waals surface area (Å²) in [5, 5.41) is 8.60. The molecule has 2 heterocycles. The summed E-state index contributed by atoms with van der Waals surface area (Å²) in [6.07, 6.45) is 1.09. The highest BCUT2D eigenvalue weighted by atomic mass is 32.1. The van der Waals surface area contributed by atoms with Crippen molar-refractivity contribution in [3.63, 3.8) is 0 Å². The molecule has 1 atom stereocenters. The molecule has 1 aromatic heterocycles. The topological polar surface area (TPSA) is 40.5 Å². The van der Waals surface area contributed by atoms with Gasteiger partial charge in [-0.2, -0.15) is 0 Å². The van der Waals surface area contributed by atoms with Crippen LogP contribution in [0, 0.1) is 17.8 Å². The van der Waals surface area contributed by atoms with E-state index >= 15 is 0 Å². The Balaban J connectivity index is 2.07. The highest BCUT2D eigenvalue weighted by Crippen LogP contribution is 2.22. The van der Waals surface area contributed by atoms with E-state index in [4.69, 9.17) is 5.11 Å². The van der Waals surface area contributed by atoms with Gasteiger partial charge in [-0.05, 0) is 24.5 Å².